The highest BCUT2D eigenvalue weighted by molar-refractivity contribution is 5.43. The molecule has 0 aromatic heterocycles. The van der Waals surface area contributed by atoms with Crippen molar-refractivity contribution in [1.29, 1.82) is 0 Å². The predicted octanol–water partition coefficient (Wildman–Crippen LogP) is 2.37. The molecular formula is C16H26N2. The molecule has 0 aliphatic carbocycles. The van der Waals surface area contributed by atoms with E-state index in [0.717, 1.165) is 13.1 Å². The van der Waals surface area contributed by atoms with Crippen LogP contribution in [0.15, 0.2) is 6.07 Å². The SMILES string of the molecule is Cc1cc(CCN2CCNCC2)c(C)c(C)c1C. The first kappa shape index (κ1) is 13.6. The molecule has 2 rings (SSSR count). The van der Waals surface area contributed by atoms with Crippen molar-refractivity contribution in [1.82, 2.24) is 10.2 Å². The van der Waals surface area contributed by atoms with Crippen LogP contribution in [0.4, 0.5) is 0 Å². The predicted molar refractivity (Wildman–Crippen MR) is 78.4 cm³/mol. The first-order valence-electron chi connectivity index (χ1n) is 7.09. The number of aryl methyl sites for hydroxylation is 1. The van der Waals surface area contributed by atoms with E-state index in [2.05, 4.69) is 44.0 Å². The van der Waals surface area contributed by atoms with Crippen LogP contribution in [0.2, 0.25) is 0 Å². The fraction of sp³-hybridized carbons (Fsp3) is 0.625. The van der Waals surface area contributed by atoms with E-state index in [1.165, 1.54) is 53.9 Å². The van der Waals surface area contributed by atoms with Gasteiger partial charge in [-0.15, -0.1) is 0 Å². The molecule has 1 aliphatic rings. The van der Waals surface area contributed by atoms with Crippen molar-refractivity contribution in [2.75, 3.05) is 32.7 Å². The van der Waals surface area contributed by atoms with Crippen molar-refractivity contribution < 1.29 is 0 Å². The van der Waals surface area contributed by atoms with Crippen molar-refractivity contribution in [2.45, 2.75) is 34.1 Å². The molecule has 0 saturated carbocycles. The van der Waals surface area contributed by atoms with E-state index in [9.17, 15) is 0 Å². The van der Waals surface area contributed by atoms with Crippen molar-refractivity contribution in [3.63, 3.8) is 0 Å². The van der Waals surface area contributed by atoms with E-state index in [0.29, 0.717) is 0 Å². The van der Waals surface area contributed by atoms with Gasteiger partial charge in [-0.2, -0.15) is 0 Å². The van der Waals surface area contributed by atoms with Crippen LogP contribution in [0.5, 0.6) is 0 Å². The standard InChI is InChI=1S/C16H26N2/c1-12-11-16(15(4)14(3)13(12)2)5-8-18-9-6-17-7-10-18/h11,17H,5-10H2,1-4H3. The summed E-state index contributed by atoms with van der Waals surface area (Å²) in [6.07, 6.45) is 1.19. The van der Waals surface area contributed by atoms with Crippen LogP contribution < -0.4 is 5.32 Å². The number of hydrogen-bond acceptors (Lipinski definition) is 2. The number of nitrogens with zero attached hydrogens (tertiary/aromatic N) is 1. The van der Waals surface area contributed by atoms with Crippen LogP contribution in [0, 0.1) is 27.7 Å². The Hall–Kier alpha value is -0.860. The molecule has 1 fully saturated rings. The summed E-state index contributed by atoms with van der Waals surface area (Å²) in [6.45, 7) is 14.9. The summed E-state index contributed by atoms with van der Waals surface area (Å²) < 4.78 is 0. The van der Waals surface area contributed by atoms with Crippen LogP contribution in [-0.4, -0.2) is 37.6 Å². The minimum Gasteiger partial charge on any atom is -0.314 e. The van der Waals surface area contributed by atoms with Crippen LogP contribution >= 0.6 is 0 Å². The highest BCUT2D eigenvalue weighted by atomic mass is 15.2. The minimum absolute atomic E-state index is 1.14. The quantitative estimate of drug-likeness (QED) is 0.881. The van der Waals surface area contributed by atoms with Crippen molar-refractivity contribution in [2.24, 2.45) is 0 Å². The van der Waals surface area contributed by atoms with E-state index in [1.54, 1.807) is 0 Å². The Morgan fingerprint density at radius 3 is 2.33 bits per heavy atom. The molecule has 0 atom stereocenters. The Bertz CT molecular complexity index is 418. The topological polar surface area (TPSA) is 15.3 Å². The largest absolute Gasteiger partial charge is 0.314 e. The summed E-state index contributed by atoms with van der Waals surface area (Å²) >= 11 is 0. The molecular weight excluding hydrogens is 220 g/mol. The lowest BCUT2D eigenvalue weighted by molar-refractivity contribution is 0.244. The number of piperazine rings is 1. The monoisotopic (exact) mass is 246 g/mol. The third-order valence-electron chi connectivity index (χ3n) is 4.50. The number of nitrogens with one attached hydrogen (secondary N) is 1. The summed E-state index contributed by atoms with van der Waals surface area (Å²) in [5.41, 5.74) is 7.40. The molecule has 2 nitrogen and oxygen atoms in total. The van der Waals surface area contributed by atoms with E-state index >= 15 is 0 Å². The third-order valence-corrected chi connectivity index (χ3v) is 4.50. The van der Waals surface area contributed by atoms with Gasteiger partial charge < -0.3 is 10.2 Å². The molecule has 0 unspecified atom stereocenters. The van der Waals surface area contributed by atoms with Gasteiger partial charge in [0.1, 0.15) is 0 Å². The van der Waals surface area contributed by atoms with Gasteiger partial charge in [-0.1, -0.05) is 6.07 Å². The summed E-state index contributed by atoms with van der Waals surface area (Å²) in [4.78, 5) is 2.57. The fourth-order valence-electron chi connectivity index (χ4n) is 2.77. The normalized spacial score (nSPS) is 17.1. The second kappa shape index (κ2) is 5.85. The molecule has 1 saturated heterocycles. The van der Waals surface area contributed by atoms with Gasteiger partial charge in [0.2, 0.25) is 0 Å². The van der Waals surface area contributed by atoms with Gasteiger partial charge in [0.15, 0.2) is 0 Å². The zero-order valence-electron chi connectivity index (χ0n) is 12.3. The molecule has 1 aliphatic heterocycles. The lowest BCUT2D eigenvalue weighted by Gasteiger charge is -2.27. The van der Waals surface area contributed by atoms with E-state index in [1.807, 2.05) is 0 Å². The molecule has 1 aromatic rings. The Morgan fingerprint density at radius 2 is 1.67 bits per heavy atom. The van der Waals surface area contributed by atoms with Gasteiger partial charge in [0.25, 0.3) is 0 Å². The fourth-order valence-corrected chi connectivity index (χ4v) is 2.77. The molecule has 2 heteroatoms. The molecule has 0 amide bonds. The Kier molecular flexibility index (Phi) is 4.41. The summed E-state index contributed by atoms with van der Waals surface area (Å²) in [5.74, 6) is 0. The average Bonchev–Trinajstić information content (AvgIpc) is 2.40. The maximum Gasteiger partial charge on any atom is 0.0108 e. The number of rotatable bonds is 3. The second-order valence-corrected chi connectivity index (χ2v) is 5.57. The van der Waals surface area contributed by atoms with Gasteiger partial charge >= 0.3 is 0 Å². The molecule has 1 aromatic carbocycles. The maximum absolute atomic E-state index is 3.41. The summed E-state index contributed by atoms with van der Waals surface area (Å²) in [7, 11) is 0. The van der Waals surface area contributed by atoms with Crippen molar-refractivity contribution in [3.8, 4) is 0 Å². The highest BCUT2D eigenvalue weighted by Crippen LogP contribution is 2.21. The number of hydrogen-bond donors (Lipinski definition) is 1. The third kappa shape index (κ3) is 2.93. The maximum atomic E-state index is 3.41. The Labute approximate surface area is 111 Å². The van der Waals surface area contributed by atoms with Gasteiger partial charge in [-0.25, -0.2) is 0 Å². The first-order chi connectivity index (χ1) is 8.59. The van der Waals surface area contributed by atoms with Crippen LogP contribution in [0.3, 0.4) is 0 Å². The Morgan fingerprint density at radius 1 is 1.00 bits per heavy atom. The zero-order valence-corrected chi connectivity index (χ0v) is 12.3. The van der Waals surface area contributed by atoms with Crippen LogP contribution in [-0.2, 0) is 6.42 Å². The van der Waals surface area contributed by atoms with Gasteiger partial charge in [-0.3, -0.25) is 0 Å². The molecule has 0 radical (unpaired) electrons. The minimum atomic E-state index is 1.14. The molecule has 100 valence electrons. The molecule has 1 N–H and O–H groups in total. The number of benzene rings is 1. The second-order valence-electron chi connectivity index (χ2n) is 5.57. The summed E-state index contributed by atoms with van der Waals surface area (Å²) in [6, 6.07) is 2.39. The van der Waals surface area contributed by atoms with E-state index < -0.39 is 0 Å². The van der Waals surface area contributed by atoms with E-state index in [4.69, 9.17) is 0 Å². The van der Waals surface area contributed by atoms with Gasteiger partial charge in [0, 0.05) is 32.7 Å². The molecule has 18 heavy (non-hydrogen) atoms. The lowest BCUT2D eigenvalue weighted by Crippen LogP contribution is -2.44. The van der Waals surface area contributed by atoms with Crippen molar-refractivity contribution in [3.05, 3.63) is 33.9 Å². The Balaban J connectivity index is 2.05. The first-order valence-corrected chi connectivity index (χ1v) is 7.09. The van der Waals surface area contributed by atoms with Crippen LogP contribution in [0.1, 0.15) is 27.8 Å². The molecule has 0 spiro atoms. The highest BCUT2D eigenvalue weighted by Gasteiger charge is 2.11. The smallest absolute Gasteiger partial charge is 0.0108 e. The zero-order chi connectivity index (χ0) is 13.1. The average molecular weight is 246 g/mol. The molecule has 0 bridgehead atoms. The van der Waals surface area contributed by atoms with Gasteiger partial charge in [-0.05, 0) is 61.9 Å². The van der Waals surface area contributed by atoms with Gasteiger partial charge in [0.05, 0.1) is 0 Å². The van der Waals surface area contributed by atoms with Crippen molar-refractivity contribution >= 4 is 0 Å². The lowest BCUT2D eigenvalue weighted by atomic mass is 9.93. The molecule has 1 heterocycles. The van der Waals surface area contributed by atoms with Crippen LogP contribution in [0.25, 0.3) is 0 Å². The summed E-state index contributed by atoms with van der Waals surface area (Å²) in [5, 5.41) is 3.41. The van der Waals surface area contributed by atoms with E-state index in [-0.39, 0.29) is 0 Å².